The van der Waals surface area contributed by atoms with Gasteiger partial charge in [0.05, 0.1) is 12.3 Å². The number of nitrogens with one attached hydrogen (secondary N) is 2. The van der Waals surface area contributed by atoms with E-state index in [4.69, 9.17) is 4.42 Å². The summed E-state index contributed by atoms with van der Waals surface area (Å²) in [6.45, 7) is 2.76. The molecule has 3 unspecified atom stereocenters. The van der Waals surface area contributed by atoms with Crippen LogP contribution >= 0.6 is 0 Å². The van der Waals surface area contributed by atoms with Crippen LogP contribution in [0, 0.1) is 11.6 Å². The van der Waals surface area contributed by atoms with Crippen molar-refractivity contribution in [2.75, 3.05) is 26.7 Å². The lowest BCUT2D eigenvalue weighted by Crippen LogP contribution is -2.43. The van der Waals surface area contributed by atoms with Gasteiger partial charge in [-0.25, -0.2) is 8.78 Å². The second-order valence-corrected chi connectivity index (χ2v) is 7.46. The van der Waals surface area contributed by atoms with Gasteiger partial charge < -0.3 is 15.1 Å². The zero-order chi connectivity index (χ0) is 19.5. The quantitative estimate of drug-likeness (QED) is 0.588. The van der Waals surface area contributed by atoms with Crippen LogP contribution in [0.15, 0.2) is 46.0 Å². The monoisotopic (exact) mass is 388 g/mol. The number of likely N-dealkylation sites (tertiary alicyclic amines) is 1. The van der Waals surface area contributed by atoms with Gasteiger partial charge in [0, 0.05) is 31.1 Å². The molecule has 0 bridgehead atoms. The summed E-state index contributed by atoms with van der Waals surface area (Å²) in [7, 11) is 1.70. The summed E-state index contributed by atoms with van der Waals surface area (Å²) in [4.78, 5) is 6.69. The Morgan fingerprint density at radius 3 is 2.61 bits per heavy atom. The van der Waals surface area contributed by atoms with E-state index >= 15 is 0 Å². The van der Waals surface area contributed by atoms with Crippen LogP contribution in [0.5, 0.6) is 0 Å². The normalized spacial score (nSPS) is 23.6. The molecular formula is C21H26F2N4O. The first kappa shape index (κ1) is 18.9. The second-order valence-electron chi connectivity index (χ2n) is 7.46. The summed E-state index contributed by atoms with van der Waals surface area (Å²) in [6, 6.07) is 8.03. The minimum absolute atomic E-state index is 0.0218. The Morgan fingerprint density at radius 2 is 1.96 bits per heavy atom. The van der Waals surface area contributed by atoms with Gasteiger partial charge in [-0.3, -0.25) is 9.89 Å². The zero-order valence-electron chi connectivity index (χ0n) is 16.0. The number of rotatable bonds is 6. The molecule has 1 saturated heterocycles. The van der Waals surface area contributed by atoms with E-state index in [1.165, 1.54) is 31.0 Å². The molecule has 1 aromatic carbocycles. The van der Waals surface area contributed by atoms with Crippen LogP contribution in [0.3, 0.4) is 0 Å². The highest BCUT2D eigenvalue weighted by Crippen LogP contribution is 2.43. The first-order valence-corrected chi connectivity index (χ1v) is 9.86. The minimum atomic E-state index is -0.482. The molecular weight excluding hydrogens is 362 g/mol. The number of guanidine groups is 1. The lowest BCUT2D eigenvalue weighted by molar-refractivity contribution is 0.215. The lowest BCUT2D eigenvalue weighted by atomic mass is 10.1. The second kappa shape index (κ2) is 8.31. The van der Waals surface area contributed by atoms with Crippen molar-refractivity contribution in [1.82, 2.24) is 15.5 Å². The molecule has 0 spiro atoms. The molecule has 28 heavy (non-hydrogen) atoms. The Balaban J connectivity index is 1.36. The van der Waals surface area contributed by atoms with Crippen molar-refractivity contribution in [2.45, 2.75) is 37.3 Å². The van der Waals surface area contributed by atoms with Gasteiger partial charge >= 0.3 is 0 Å². The molecule has 1 aliphatic heterocycles. The molecule has 1 aromatic heterocycles. The predicted octanol–water partition coefficient (Wildman–Crippen LogP) is 3.42. The van der Waals surface area contributed by atoms with E-state index in [0.717, 1.165) is 18.8 Å². The Bertz CT molecular complexity index is 798. The van der Waals surface area contributed by atoms with Crippen LogP contribution in [-0.4, -0.2) is 43.6 Å². The molecule has 2 aliphatic rings. The third-order valence-corrected chi connectivity index (χ3v) is 5.62. The van der Waals surface area contributed by atoms with Crippen molar-refractivity contribution in [3.8, 4) is 0 Å². The molecule has 7 heteroatoms. The van der Waals surface area contributed by atoms with E-state index in [0.29, 0.717) is 18.9 Å². The van der Waals surface area contributed by atoms with E-state index in [2.05, 4.69) is 20.5 Å². The van der Waals surface area contributed by atoms with Crippen LogP contribution in [-0.2, 0) is 0 Å². The van der Waals surface area contributed by atoms with Gasteiger partial charge in [0.25, 0.3) is 0 Å². The van der Waals surface area contributed by atoms with Crippen molar-refractivity contribution in [1.29, 1.82) is 0 Å². The van der Waals surface area contributed by atoms with Gasteiger partial charge in [0.2, 0.25) is 0 Å². The van der Waals surface area contributed by atoms with E-state index in [1.807, 2.05) is 12.1 Å². The van der Waals surface area contributed by atoms with E-state index in [9.17, 15) is 8.78 Å². The maximum absolute atomic E-state index is 14.0. The Labute approximate surface area is 163 Å². The van der Waals surface area contributed by atoms with Gasteiger partial charge in [0.1, 0.15) is 17.4 Å². The third kappa shape index (κ3) is 4.04. The first-order chi connectivity index (χ1) is 13.7. The average Bonchev–Trinajstić information content (AvgIpc) is 3.10. The summed E-state index contributed by atoms with van der Waals surface area (Å²) < 4.78 is 33.6. The molecule has 4 rings (SSSR count). The van der Waals surface area contributed by atoms with Crippen LogP contribution < -0.4 is 10.6 Å². The standard InChI is InChI=1S/C21H26F2N4O/c1-24-21(26-17-12-14(17)20-15(22)6-4-7-16(20)23)25-13-18(19-8-5-11-28-19)27-9-2-3-10-27/h4-8,11,14,17-18H,2-3,9-10,12-13H2,1H3,(H2,24,25,26). The molecule has 0 amide bonds. The fraction of sp³-hybridized carbons (Fsp3) is 0.476. The fourth-order valence-corrected chi connectivity index (χ4v) is 4.05. The summed E-state index contributed by atoms with van der Waals surface area (Å²) in [5, 5.41) is 6.65. The highest BCUT2D eigenvalue weighted by Gasteiger charge is 2.42. The van der Waals surface area contributed by atoms with Crippen LogP contribution in [0.25, 0.3) is 0 Å². The maximum Gasteiger partial charge on any atom is 0.191 e. The van der Waals surface area contributed by atoms with Gasteiger partial charge in [-0.2, -0.15) is 0 Å². The summed E-state index contributed by atoms with van der Waals surface area (Å²) in [6.07, 6.45) is 4.78. The number of hydrogen-bond donors (Lipinski definition) is 2. The number of halogens is 2. The average molecular weight is 388 g/mol. The number of aliphatic imine (C=N–C) groups is 1. The Morgan fingerprint density at radius 1 is 1.21 bits per heavy atom. The van der Waals surface area contributed by atoms with Crippen molar-refractivity contribution in [3.05, 3.63) is 59.6 Å². The maximum atomic E-state index is 14.0. The lowest BCUT2D eigenvalue weighted by Gasteiger charge is -2.26. The summed E-state index contributed by atoms with van der Waals surface area (Å²) in [5.41, 5.74) is 0.168. The number of benzene rings is 1. The number of furan rings is 1. The Hall–Kier alpha value is -2.41. The fourth-order valence-electron chi connectivity index (χ4n) is 4.05. The summed E-state index contributed by atoms with van der Waals surface area (Å²) in [5.74, 6) is 0.440. The van der Waals surface area contributed by atoms with Gasteiger partial charge in [-0.05, 0) is 56.6 Å². The molecule has 3 atom stereocenters. The smallest absolute Gasteiger partial charge is 0.191 e. The van der Waals surface area contributed by atoms with Crippen LogP contribution in [0.2, 0.25) is 0 Å². The van der Waals surface area contributed by atoms with E-state index in [1.54, 1.807) is 13.3 Å². The summed E-state index contributed by atoms with van der Waals surface area (Å²) >= 11 is 0. The van der Waals surface area contributed by atoms with Gasteiger partial charge in [-0.15, -0.1) is 0 Å². The highest BCUT2D eigenvalue weighted by atomic mass is 19.1. The number of nitrogens with zero attached hydrogens (tertiary/aromatic N) is 2. The topological polar surface area (TPSA) is 52.8 Å². The van der Waals surface area contributed by atoms with Crippen molar-refractivity contribution in [2.24, 2.45) is 4.99 Å². The number of hydrogen-bond acceptors (Lipinski definition) is 3. The Kier molecular flexibility index (Phi) is 5.62. The molecule has 1 saturated carbocycles. The van der Waals surface area contributed by atoms with E-state index < -0.39 is 11.6 Å². The van der Waals surface area contributed by atoms with Crippen LogP contribution in [0.4, 0.5) is 8.78 Å². The minimum Gasteiger partial charge on any atom is -0.468 e. The molecule has 0 radical (unpaired) electrons. The molecule has 2 N–H and O–H groups in total. The van der Waals surface area contributed by atoms with Gasteiger partial charge in [-0.1, -0.05) is 6.07 Å². The van der Waals surface area contributed by atoms with Crippen molar-refractivity contribution in [3.63, 3.8) is 0 Å². The van der Waals surface area contributed by atoms with E-state index in [-0.39, 0.29) is 23.6 Å². The largest absolute Gasteiger partial charge is 0.468 e. The van der Waals surface area contributed by atoms with Crippen molar-refractivity contribution >= 4 is 5.96 Å². The molecule has 2 fully saturated rings. The molecule has 1 aliphatic carbocycles. The van der Waals surface area contributed by atoms with Crippen molar-refractivity contribution < 1.29 is 13.2 Å². The van der Waals surface area contributed by atoms with Crippen LogP contribution in [0.1, 0.15) is 42.5 Å². The molecule has 2 aromatic rings. The highest BCUT2D eigenvalue weighted by molar-refractivity contribution is 5.80. The molecule has 5 nitrogen and oxygen atoms in total. The predicted molar refractivity (Wildman–Crippen MR) is 104 cm³/mol. The van der Waals surface area contributed by atoms with Gasteiger partial charge in [0.15, 0.2) is 5.96 Å². The first-order valence-electron chi connectivity index (χ1n) is 9.86. The SMILES string of the molecule is CN=C(NCC(c1ccco1)N1CCCC1)NC1CC1c1c(F)cccc1F. The zero-order valence-corrected chi connectivity index (χ0v) is 16.0. The molecule has 2 heterocycles. The third-order valence-electron chi connectivity index (χ3n) is 5.62. The molecule has 150 valence electrons.